The molecular weight excluding hydrogens is 266 g/mol. The van der Waals surface area contributed by atoms with Crippen LogP contribution in [0.4, 0.5) is 5.82 Å². The van der Waals surface area contributed by atoms with E-state index in [-0.39, 0.29) is 0 Å². The van der Waals surface area contributed by atoms with E-state index in [0.717, 1.165) is 22.2 Å². The van der Waals surface area contributed by atoms with Crippen LogP contribution in [0.15, 0.2) is 28.9 Å². The summed E-state index contributed by atoms with van der Waals surface area (Å²) in [7, 11) is 0. The molecule has 3 nitrogen and oxygen atoms in total. The fourth-order valence-electron chi connectivity index (χ4n) is 1.71. The molecule has 0 bridgehead atoms. The normalized spacial score (nSPS) is 10.7. The van der Waals surface area contributed by atoms with Gasteiger partial charge in [0.15, 0.2) is 0 Å². The highest BCUT2D eigenvalue weighted by molar-refractivity contribution is 9.10. The first-order valence-corrected chi connectivity index (χ1v) is 6.00. The summed E-state index contributed by atoms with van der Waals surface area (Å²) in [4.78, 5) is 4.34. The Balaban J connectivity index is 2.57. The van der Waals surface area contributed by atoms with Gasteiger partial charge < -0.3 is 11.1 Å². The van der Waals surface area contributed by atoms with E-state index in [9.17, 15) is 0 Å². The van der Waals surface area contributed by atoms with Crippen molar-refractivity contribution in [2.45, 2.75) is 6.92 Å². The summed E-state index contributed by atoms with van der Waals surface area (Å²) < 4.78 is 1.10. The molecule has 0 aliphatic rings. The second-order valence-electron chi connectivity index (χ2n) is 3.72. The summed E-state index contributed by atoms with van der Waals surface area (Å²) >= 11 is 3.57. The van der Waals surface area contributed by atoms with Crippen LogP contribution < -0.4 is 11.1 Å². The average Bonchev–Trinajstić information content (AvgIpc) is 2.26. The van der Waals surface area contributed by atoms with Crippen LogP contribution in [0.25, 0.3) is 10.8 Å². The molecule has 0 amide bonds. The van der Waals surface area contributed by atoms with Crippen molar-refractivity contribution >= 4 is 32.5 Å². The Morgan fingerprint density at radius 2 is 2.19 bits per heavy atom. The molecular formula is C12H14BrN3. The third-order valence-corrected chi connectivity index (χ3v) is 3.07. The summed E-state index contributed by atoms with van der Waals surface area (Å²) in [6, 6.07) is 6.24. The van der Waals surface area contributed by atoms with Crippen LogP contribution in [0.1, 0.15) is 5.56 Å². The highest BCUT2D eigenvalue weighted by atomic mass is 79.9. The first kappa shape index (κ1) is 11.4. The minimum Gasteiger partial charge on any atom is -0.368 e. The largest absolute Gasteiger partial charge is 0.368 e. The summed E-state index contributed by atoms with van der Waals surface area (Å²) in [5.41, 5.74) is 6.69. The zero-order chi connectivity index (χ0) is 11.5. The number of anilines is 1. The zero-order valence-corrected chi connectivity index (χ0v) is 10.7. The molecule has 16 heavy (non-hydrogen) atoms. The van der Waals surface area contributed by atoms with Crippen LogP contribution >= 0.6 is 15.9 Å². The van der Waals surface area contributed by atoms with Crippen LogP contribution in [0.2, 0.25) is 0 Å². The number of halogens is 1. The molecule has 0 radical (unpaired) electrons. The molecule has 0 saturated heterocycles. The first-order chi connectivity index (χ1) is 7.72. The number of nitrogens with two attached hydrogens (primary N) is 1. The van der Waals surface area contributed by atoms with E-state index in [2.05, 4.69) is 45.3 Å². The van der Waals surface area contributed by atoms with Gasteiger partial charge in [0.05, 0.1) is 0 Å². The van der Waals surface area contributed by atoms with Crippen LogP contribution in [0.5, 0.6) is 0 Å². The summed E-state index contributed by atoms with van der Waals surface area (Å²) in [5, 5.41) is 5.53. The molecule has 2 rings (SSSR count). The lowest BCUT2D eigenvalue weighted by molar-refractivity contribution is 1.01. The van der Waals surface area contributed by atoms with Crippen molar-refractivity contribution < 1.29 is 0 Å². The maximum Gasteiger partial charge on any atom is 0.133 e. The summed E-state index contributed by atoms with van der Waals surface area (Å²) in [6.45, 7) is 3.41. The molecule has 0 atom stereocenters. The Morgan fingerprint density at radius 3 is 2.94 bits per heavy atom. The van der Waals surface area contributed by atoms with E-state index in [1.807, 2.05) is 6.07 Å². The quantitative estimate of drug-likeness (QED) is 0.908. The van der Waals surface area contributed by atoms with Crippen molar-refractivity contribution in [2.24, 2.45) is 5.73 Å². The van der Waals surface area contributed by atoms with Crippen molar-refractivity contribution in [3.63, 3.8) is 0 Å². The highest BCUT2D eigenvalue weighted by Gasteiger charge is 2.05. The van der Waals surface area contributed by atoms with Gasteiger partial charge in [0.1, 0.15) is 5.82 Å². The standard InChI is InChI=1S/C12H14BrN3/c1-8-6-10-9(11(13)7-8)2-4-15-12(10)16-5-3-14/h2,4,6-7H,3,5,14H2,1H3,(H,15,16). The first-order valence-electron chi connectivity index (χ1n) is 5.21. The van der Waals surface area contributed by atoms with Crippen molar-refractivity contribution in [1.82, 2.24) is 4.98 Å². The van der Waals surface area contributed by atoms with Gasteiger partial charge in [-0.15, -0.1) is 0 Å². The van der Waals surface area contributed by atoms with Gasteiger partial charge in [0.25, 0.3) is 0 Å². The van der Waals surface area contributed by atoms with Crippen LogP contribution in [0, 0.1) is 6.92 Å². The number of nitrogens with one attached hydrogen (secondary N) is 1. The van der Waals surface area contributed by atoms with Gasteiger partial charge in [-0.3, -0.25) is 0 Å². The Morgan fingerprint density at radius 1 is 1.38 bits per heavy atom. The number of aromatic nitrogens is 1. The smallest absolute Gasteiger partial charge is 0.133 e. The Labute approximate surface area is 103 Å². The molecule has 1 heterocycles. The minimum atomic E-state index is 0.602. The fourth-order valence-corrected chi connectivity index (χ4v) is 2.41. The molecule has 0 aliphatic carbocycles. The molecule has 0 spiro atoms. The number of pyridine rings is 1. The number of nitrogens with zero attached hydrogens (tertiary/aromatic N) is 1. The lowest BCUT2D eigenvalue weighted by Gasteiger charge is -2.09. The summed E-state index contributed by atoms with van der Waals surface area (Å²) in [6.07, 6.45) is 1.81. The van der Waals surface area contributed by atoms with Crippen molar-refractivity contribution in [3.8, 4) is 0 Å². The molecule has 2 aromatic rings. The number of fused-ring (bicyclic) bond motifs is 1. The molecule has 0 aliphatic heterocycles. The second-order valence-corrected chi connectivity index (χ2v) is 4.57. The fraction of sp³-hybridized carbons (Fsp3) is 0.250. The average molecular weight is 280 g/mol. The van der Waals surface area contributed by atoms with Gasteiger partial charge in [0.2, 0.25) is 0 Å². The molecule has 3 N–H and O–H groups in total. The van der Waals surface area contributed by atoms with Gasteiger partial charge in [0, 0.05) is 34.5 Å². The molecule has 0 saturated carbocycles. The SMILES string of the molecule is Cc1cc(Br)c2ccnc(NCCN)c2c1. The molecule has 4 heteroatoms. The number of hydrogen-bond donors (Lipinski definition) is 2. The lowest BCUT2D eigenvalue weighted by atomic mass is 10.1. The van der Waals surface area contributed by atoms with Gasteiger partial charge in [-0.25, -0.2) is 4.98 Å². The van der Waals surface area contributed by atoms with E-state index in [1.54, 1.807) is 6.20 Å². The molecule has 1 aromatic heterocycles. The molecule has 84 valence electrons. The van der Waals surface area contributed by atoms with E-state index in [1.165, 1.54) is 10.9 Å². The zero-order valence-electron chi connectivity index (χ0n) is 9.13. The lowest BCUT2D eigenvalue weighted by Crippen LogP contribution is -2.14. The van der Waals surface area contributed by atoms with E-state index in [4.69, 9.17) is 5.73 Å². The van der Waals surface area contributed by atoms with Gasteiger partial charge in [-0.2, -0.15) is 0 Å². The minimum absolute atomic E-state index is 0.602. The van der Waals surface area contributed by atoms with Crippen LogP contribution in [-0.2, 0) is 0 Å². The maximum atomic E-state index is 5.48. The summed E-state index contributed by atoms with van der Waals surface area (Å²) in [5.74, 6) is 0.896. The van der Waals surface area contributed by atoms with Gasteiger partial charge in [-0.05, 0) is 30.7 Å². The Kier molecular flexibility index (Phi) is 3.41. The molecule has 1 aromatic carbocycles. The van der Waals surface area contributed by atoms with Crippen molar-refractivity contribution in [2.75, 3.05) is 18.4 Å². The Bertz CT molecular complexity index is 511. The number of benzene rings is 1. The van der Waals surface area contributed by atoms with E-state index in [0.29, 0.717) is 6.54 Å². The number of rotatable bonds is 3. The van der Waals surface area contributed by atoms with Crippen LogP contribution in [-0.4, -0.2) is 18.1 Å². The second kappa shape index (κ2) is 4.80. The molecule has 0 fully saturated rings. The predicted octanol–water partition coefficient (Wildman–Crippen LogP) is 2.68. The maximum absolute atomic E-state index is 5.48. The Hall–Kier alpha value is -1.13. The predicted molar refractivity (Wildman–Crippen MR) is 71.7 cm³/mol. The molecule has 0 unspecified atom stereocenters. The number of hydrogen-bond acceptors (Lipinski definition) is 3. The highest BCUT2D eigenvalue weighted by Crippen LogP contribution is 2.29. The topological polar surface area (TPSA) is 50.9 Å². The third kappa shape index (κ3) is 2.18. The van der Waals surface area contributed by atoms with Crippen LogP contribution in [0.3, 0.4) is 0 Å². The van der Waals surface area contributed by atoms with E-state index < -0.39 is 0 Å². The van der Waals surface area contributed by atoms with Crippen molar-refractivity contribution in [1.29, 1.82) is 0 Å². The van der Waals surface area contributed by atoms with Gasteiger partial charge in [-0.1, -0.05) is 15.9 Å². The third-order valence-electron chi connectivity index (χ3n) is 2.41. The number of aryl methyl sites for hydroxylation is 1. The van der Waals surface area contributed by atoms with Gasteiger partial charge >= 0.3 is 0 Å². The van der Waals surface area contributed by atoms with E-state index >= 15 is 0 Å². The monoisotopic (exact) mass is 279 g/mol. The van der Waals surface area contributed by atoms with Crippen molar-refractivity contribution in [3.05, 3.63) is 34.4 Å².